The van der Waals surface area contributed by atoms with Crippen LogP contribution >= 0.6 is 0 Å². The molecule has 1 aliphatic heterocycles. The molecule has 1 fully saturated rings. The number of benzene rings is 1. The maximum Gasteiger partial charge on any atom is 0.323 e. The fraction of sp³-hybridized carbons (Fsp3) is 0.611. The monoisotopic (exact) mass is 305 g/mol. The molecule has 1 aliphatic rings. The molecular formula is C18H27NO3. The van der Waals surface area contributed by atoms with Gasteiger partial charge in [0.25, 0.3) is 0 Å². The van der Waals surface area contributed by atoms with Gasteiger partial charge in [-0.15, -0.1) is 0 Å². The van der Waals surface area contributed by atoms with Crippen LogP contribution in [-0.2, 0) is 20.9 Å². The van der Waals surface area contributed by atoms with E-state index in [0.717, 1.165) is 18.4 Å². The quantitative estimate of drug-likeness (QED) is 0.869. The van der Waals surface area contributed by atoms with E-state index < -0.39 is 6.04 Å². The summed E-state index contributed by atoms with van der Waals surface area (Å²) >= 11 is 0. The molecule has 122 valence electrons. The molecule has 0 radical (unpaired) electrons. The summed E-state index contributed by atoms with van der Waals surface area (Å²) in [6, 6.07) is 9.03. The second-order valence-corrected chi connectivity index (χ2v) is 7.41. The van der Waals surface area contributed by atoms with Gasteiger partial charge in [-0.3, -0.25) is 4.79 Å². The van der Waals surface area contributed by atoms with Crippen LogP contribution in [0.3, 0.4) is 0 Å². The van der Waals surface area contributed by atoms with Crippen molar-refractivity contribution in [3.63, 3.8) is 0 Å². The van der Waals surface area contributed by atoms with Crippen molar-refractivity contribution in [2.24, 2.45) is 11.7 Å². The number of carbonyl (C=O) groups is 1. The van der Waals surface area contributed by atoms with Crippen LogP contribution in [-0.4, -0.2) is 23.2 Å². The lowest BCUT2D eigenvalue weighted by atomic mass is 9.77. The minimum Gasteiger partial charge on any atom is -0.460 e. The summed E-state index contributed by atoms with van der Waals surface area (Å²) < 4.78 is 11.4. The first kappa shape index (κ1) is 17.0. The van der Waals surface area contributed by atoms with Crippen LogP contribution in [0.1, 0.15) is 46.1 Å². The van der Waals surface area contributed by atoms with E-state index in [4.69, 9.17) is 15.2 Å². The van der Waals surface area contributed by atoms with E-state index in [0.29, 0.717) is 0 Å². The Hall–Kier alpha value is -1.39. The zero-order chi connectivity index (χ0) is 16.4. The molecule has 2 N–H and O–H groups in total. The molecule has 0 aliphatic carbocycles. The fourth-order valence-electron chi connectivity index (χ4n) is 3.44. The van der Waals surface area contributed by atoms with E-state index in [1.807, 2.05) is 58.0 Å². The Balaban J connectivity index is 1.95. The van der Waals surface area contributed by atoms with Gasteiger partial charge in [0.05, 0.1) is 11.2 Å². The molecule has 1 aromatic rings. The van der Waals surface area contributed by atoms with Crippen molar-refractivity contribution in [3.05, 3.63) is 35.9 Å². The molecule has 4 nitrogen and oxygen atoms in total. The number of hydrogen-bond acceptors (Lipinski definition) is 4. The summed E-state index contributed by atoms with van der Waals surface area (Å²) in [5, 5.41) is 0. The summed E-state index contributed by atoms with van der Waals surface area (Å²) in [4.78, 5) is 12.2. The van der Waals surface area contributed by atoms with E-state index in [2.05, 4.69) is 0 Å². The number of ether oxygens (including phenoxy) is 2. The van der Waals surface area contributed by atoms with Crippen molar-refractivity contribution in [1.82, 2.24) is 0 Å². The molecule has 1 atom stereocenters. The smallest absolute Gasteiger partial charge is 0.323 e. The molecule has 0 aromatic heterocycles. The molecule has 0 saturated carbocycles. The van der Waals surface area contributed by atoms with Crippen LogP contribution in [0, 0.1) is 5.92 Å². The lowest BCUT2D eigenvalue weighted by Gasteiger charge is -2.46. The Labute approximate surface area is 133 Å². The van der Waals surface area contributed by atoms with Crippen molar-refractivity contribution < 1.29 is 14.3 Å². The minimum atomic E-state index is -0.605. The van der Waals surface area contributed by atoms with Crippen LogP contribution in [0.15, 0.2) is 30.3 Å². The van der Waals surface area contributed by atoms with Gasteiger partial charge in [-0.25, -0.2) is 0 Å². The first-order valence-corrected chi connectivity index (χ1v) is 7.85. The Kier molecular flexibility index (Phi) is 4.93. The predicted octanol–water partition coefficient (Wildman–Crippen LogP) is 3.04. The summed E-state index contributed by atoms with van der Waals surface area (Å²) in [7, 11) is 0. The summed E-state index contributed by atoms with van der Waals surface area (Å²) in [5.74, 6) is -0.260. The van der Waals surface area contributed by atoms with Crippen LogP contribution in [0.2, 0.25) is 0 Å². The highest BCUT2D eigenvalue weighted by atomic mass is 16.5. The average molecular weight is 305 g/mol. The Bertz CT molecular complexity index is 494. The van der Waals surface area contributed by atoms with Gasteiger partial charge in [0.2, 0.25) is 0 Å². The number of nitrogens with two attached hydrogens (primary N) is 1. The van der Waals surface area contributed by atoms with Crippen LogP contribution in [0.5, 0.6) is 0 Å². The van der Waals surface area contributed by atoms with Gasteiger partial charge in [0, 0.05) is 0 Å². The first-order chi connectivity index (χ1) is 10.2. The normalized spacial score (nSPS) is 22.0. The molecule has 1 unspecified atom stereocenters. The number of esters is 1. The van der Waals surface area contributed by atoms with E-state index in [1.54, 1.807) is 0 Å². The molecule has 4 heteroatoms. The molecule has 22 heavy (non-hydrogen) atoms. The number of hydrogen-bond donors (Lipinski definition) is 1. The average Bonchev–Trinajstić information content (AvgIpc) is 2.41. The molecule has 1 aromatic carbocycles. The third kappa shape index (κ3) is 4.55. The highest BCUT2D eigenvalue weighted by molar-refractivity contribution is 5.76. The van der Waals surface area contributed by atoms with E-state index in [-0.39, 0.29) is 29.7 Å². The second kappa shape index (κ2) is 6.39. The number of rotatable bonds is 4. The number of carbonyl (C=O) groups excluding carboxylic acids is 1. The standard InChI is InChI=1S/C18H27NO3/c1-17(2)10-14(11-18(3,4)22-17)15(19)16(20)21-12-13-8-6-5-7-9-13/h5-9,14-15H,10-12,19H2,1-4H3. The van der Waals surface area contributed by atoms with Gasteiger partial charge >= 0.3 is 5.97 Å². The molecule has 0 amide bonds. The Morgan fingerprint density at radius 3 is 2.32 bits per heavy atom. The van der Waals surface area contributed by atoms with Crippen molar-refractivity contribution in [2.75, 3.05) is 0 Å². The maximum atomic E-state index is 12.2. The third-order valence-electron chi connectivity index (χ3n) is 4.06. The predicted molar refractivity (Wildman–Crippen MR) is 86.2 cm³/mol. The highest BCUT2D eigenvalue weighted by Gasteiger charge is 2.43. The summed E-state index contributed by atoms with van der Waals surface area (Å²) in [5.41, 5.74) is 6.59. The minimum absolute atomic E-state index is 0.0713. The Morgan fingerprint density at radius 1 is 1.23 bits per heavy atom. The van der Waals surface area contributed by atoms with Gasteiger partial charge < -0.3 is 15.2 Å². The summed E-state index contributed by atoms with van der Waals surface area (Å²) in [6.07, 6.45) is 1.52. The van der Waals surface area contributed by atoms with Gasteiger partial charge in [-0.05, 0) is 52.0 Å². The van der Waals surface area contributed by atoms with E-state index in [1.165, 1.54) is 0 Å². The van der Waals surface area contributed by atoms with E-state index in [9.17, 15) is 4.79 Å². The zero-order valence-corrected chi connectivity index (χ0v) is 14.0. The molecule has 2 rings (SSSR count). The van der Waals surface area contributed by atoms with Crippen molar-refractivity contribution in [1.29, 1.82) is 0 Å². The fourth-order valence-corrected chi connectivity index (χ4v) is 3.44. The van der Waals surface area contributed by atoms with Gasteiger partial charge in [0.1, 0.15) is 12.6 Å². The van der Waals surface area contributed by atoms with Crippen LogP contribution in [0.4, 0.5) is 0 Å². The van der Waals surface area contributed by atoms with Gasteiger partial charge in [0.15, 0.2) is 0 Å². The van der Waals surface area contributed by atoms with E-state index >= 15 is 0 Å². The van der Waals surface area contributed by atoms with Crippen LogP contribution in [0.25, 0.3) is 0 Å². The van der Waals surface area contributed by atoms with Crippen LogP contribution < -0.4 is 5.73 Å². The third-order valence-corrected chi connectivity index (χ3v) is 4.06. The second-order valence-electron chi connectivity index (χ2n) is 7.41. The molecule has 0 bridgehead atoms. The molecule has 0 spiro atoms. The summed E-state index contributed by atoms with van der Waals surface area (Å²) in [6.45, 7) is 8.45. The Morgan fingerprint density at radius 2 is 1.77 bits per heavy atom. The lowest BCUT2D eigenvalue weighted by molar-refractivity contribution is -0.180. The largest absolute Gasteiger partial charge is 0.460 e. The molecule has 1 heterocycles. The first-order valence-electron chi connectivity index (χ1n) is 7.85. The highest BCUT2D eigenvalue weighted by Crippen LogP contribution is 2.39. The van der Waals surface area contributed by atoms with Gasteiger partial charge in [-0.2, -0.15) is 0 Å². The van der Waals surface area contributed by atoms with Crippen molar-refractivity contribution in [3.8, 4) is 0 Å². The molecular weight excluding hydrogens is 278 g/mol. The lowest BCUT2D eigenvalue weighted by Crippen LogP contribution is -2.52. The van der Waals surface area contributed by atoms with Gasteiger partial charge in [-0.1, -0.05) is 30.3 Å². The maximum absolute atomic E-state index is 12.2. The topological polar surface area (TPSA) is 61.6 Å². The SMILES string of the molecule is CC1(C)CC(C(N)C(=O)OCc2ccccc2)CC(C)(C)O1. The zero-order valence-electron chi connectivity index (χ0n) is 14.0. The molecule has 1 saturated heterocycles. The van der Waals surface area contributed by atoms with Crippen molar-refractivity contribution >= 4 is 5.97 Å². The van der Waals surface area contributed by atoms with Crippen molar-refractivity contribution in [2.45, 2.75) is 64.4 Å².